The molecule has 0 amide bonds. The minimum absolute atomic E-state index is 0.0382. The smallest absolute Gasteiger partial charge is 0.349 e. The molecule has 6 heterocycles. The lowest BCUT2D eigenvalue weighted by Gasteiger charge is -2.21. The summed E-state index contributed by atoms with van der Waals surface area (Å²) >= 11 is 0. The van der Waals surface area contributed by atoms with Gasteiger partial charge in [-0.05, 0) is 31.7 Å². The predicted molar refractivity (Wildman–Crippen MR) is 131 cm³/mol. The van der Waals surface area contributed by atoms with Crippen molar-refractivity contribution in [1.82, 2.24) is 34.1 Å². The molecule has 180 valence electrons. The van der Waals surface area contributed by atoms with Gasteiger partial charge in [0.05, 0.1) is 30.4 Å². The Balaban J connectivity index is 1.65. The van der Waals surface area contributed by atoms with Crippen LogP contribution < -0.4 is 5.69 Å². The van der Waals surface area contributed by atoms with Gasteiger partial charge in [0.2, 0.25) is 0 Å². The first-order chi connectivity index (χ1) is 17.0. The highest BCUT2D eigenvalue weighted by molar-refractivity contribution is 6.07. The molecule has 0 spiro atoms. The largest absolute Gasteiger partial charge is 0.450 e. The van der Waals surface area contributed by atoms with Gasteiger partial charge < -0.3 is 9.15 Å². The second-order valence-corrected chi connectivity index (χ2v) is 9.20. The van der Waals surface area contributed by atoms with Crippen molar-refractivity contribution in [2.24, 2.45) is 14.1 Å². The zero-order valence-corrected chi connectivity index (χ0v) is 20.0. The zero-order chi connectivity index (χ0) is 24.1. The first-order valence-electron chi connectivity index (χ1n) is 12.0. The fraction of sp³-hybridized carbons (Fsp3) is 0.400. The number of pyridine rings is 1. The van der Waals surface area contributed by atoms with E-state index < -0.39 is 0 Å². The van der Waals surface area contributed by atoms with Crippen LogP contribution in [0.25, 0.3) is 44.6 Å². The summed E-state index contributed by atoms with van der Waals surface area (Å²) in [6.45, 7) is 2.82. The van der Waals surface area contributed by atoms with Crippen LogP contribution in [0.2, 0.25) is 0 Å². The van der Waals surface area contributed by atoms with Crippen LogP contribution in [0.4, 0.5) is 0 Å². The molecular formula is C25H27N7O3. The van der Waals surface area contributed by atoms with Gasteiger partial charge >= 0.3 is 5.69 Å². The Morgan fingerprint density at radius 2 is 1.86 bits per heavy atom. The average molecular weight is 474 g/mol. The molecule has 0 radical (unpaired) electrons. The summed E-state index contributed by atoms with van der Waals surface area (Å²) in [6.07, 6.45) is 12.4. The third kappa shape index (κ3) is 3.74. The van der Waals surface area contributed by atoms with E-state index in [1.807, 2.05) is 37.1 Å². The minimum Gasteiger partial charge on any atom is -0.450 e. The van der Waals surface area contributed by atoms with Crippen LogP contribution >= 0.6 is 0 Å². The van der Waals surface area contributed by atoms with Gasteiger partial charge in [0, 0.05) is 55.7 Å². The van der Waals surface area contributed by atoms with E-state index in [9.17, 15) is 4.79 Å². The van der Waals surface area contributed by atoms with E-state index in [2.05, 4.69) is 27.1 Å². The molecule has 6 rings (SSSR count). The molecule has 0 unspecified atom stereocenters. The number of furan rings is 1. The van der Waals surface area contributed by atoms with Gasteiger partial charge in [-0.3, -0.25) is 18.9 Å². The molecule has 5 aromatic heterocycles. The average Bonchev–Trinajstić information content (AvgIpc) is 3.53. The molecule has 0 N–H and O–H groups in total. The highest BCUT2D eigenvalue weighted by Gasteiger charge is 2.28. The summed E-state index contributed by atoms with van der Waals surface area (Å²) in [7, 11) is 3.71. The van der Waals surface area contributed by atoms with Crippen molar-refractivity contribution in [3.8, 4) is 22.5 Å². The lowest BCUT2D eigenvalue weighted by Crippen LogP contribution is -2.29. The van der Waals surface area contributed by atoms with Crippen LogP contribution in [0.3, 0.4) is 0 Å². The van der Waals surface area contributed by atoms with Crippen molar-refractivity contribution in [3.63, 3.8) is 0 Å². The lowest BCUT2D eigenvalue weighted by atomic mass is 10.0. The third-order valence-electron chi connectivity index (χ3n) is 6.79. The molecule has 1 aliphatic rings. The van der Waals surface area contributed by atoms with Crippen molar-refractivity contribution < 1.29 is 9.15 Å². The number of aromatic nitrogens is 7. The molecule has 1 fully saturated rings. The summed E-state index contributed by atoms with van der Waals surface area (Å²) in [5, 5.41) is 9.38. The predicted octanol–water partition coefficient (Wildman–Crippen LogP) is 3.86. The van der Waals surface area contributed by atoms with Crippen molar-refractivity contribution >= 4 is 22.1 Å². The Hall–Kier alpha value is -3.79. The van der Waals surface area contributed by atoms with Crippen LogP contribution in [0.5, 0.6) is 0 Å². The molecule has 0 aliphatic carbocycles. The number of fused-ring (bicyclic) bond motifs is 3. The van der Waals surface area contributed by atoms with Crippen LogP contribution in [0.15, 0.2) is 46.3 Å². The van der Waals surface area contributed by atoms with Gasteiger partial charge in [0.15, 0.2) is 11.2 Å². The van der Waals surface area contributed by atoms with E-state index in [1.165, 1.54) is 0 Å². The minimum atomic E-state index is -0.291. The molecule has 35 heavy (non-hydrogen) atoms. The highest BCUT2D eigenvalue weighted by atomic mass is 16.5. The van der Waals surface area contributed by atoms with Crippen LogP contribution in [-0.4, -0.2) is 46.8 Å². The van der Waals surface area contributed by atoms with Crippen LogP contribution in [0.1, 0.15) is 38.6 Å². The fourth-order valence-corrected chi connectivity index (χ4v) is 5.05. The topological polar surface area (TPSA) is 106 Å². The summed E-state index contributed by atoms with van der Waals surface area (Å²) in [6, 6.07) is 1.94. The second-order valence-electron chi connectivity index (χ2n) is 9.20. The standard InChI is InChI=1S/C25H27N7O3/c1-4-18-8-17(6-5-7-34-18)32-23-19-9-20(15-10-27-30(2)13-15)26-12-21(19)35-24(23)22(29-25(32)33)16-11-28-31(3)14-16/h9-14,17-18H,4-8H2,1-3H3/t17-,18-/m0/s1. The van der Waals surface area contributed by atoms with Crippen LogP contribution in [0, 0.1) is 0 Å². The Morgan fingerprint density at radius 3 is 2.57 bits per heavy atom. The third-order valence-corrected chi connectivity index (χ3v) is 6.79. The Kier molecular flexibility index (Phi) is 5.25. The van der Waals surface area contributed by atoms with Gasteiger partial charge in [-0.1, -0.05) is 6.92 Å². The Labute approximate surface area is 201 Å². The van der Waals surface area contributed by atoms with E-state index in [1.54, 1.807) is 28.0 Å². The molecule has 10 nitrogen and oxygen atoms in total. The molecule has 1 aliphatic heterocycles. The number of aryl methyl sites for hydroxylation is 2. The lowest BCUT2D eigenvalue weighted by molar-refractivity contribution is 0.0523. The van der Waals surface area contributed by atoms with Crippen molar-refractivity contribution in [3.05, 3.63) is 47.5 Å². The van der Waals surface area contributed by atoms with Gasteiger partial charge in [0.1, 0.15) is 11.2 Å². The normalized spacial score (nSPS) is 18.9. The Bertz CT molecular complexity index is 1590. The quantitative estimate of drug-likeness (QED) is 0.390. The first-order valence-corrected chi connectivity index (χ1v) is 12.0. The van der Waals surface area contributed by atoms with E-state index in [4.69, 9.17) is 9.15 Å². The molecular weight excluding hydrogens is 446 g/mol. The SMILES string of the molecule is CC[C@H]1C[C@@H](n2c(=O)nc(-c3cnn(C)c3)c3oc4cnc(-c5cnn(C)c5)cc4c32)CCCO1. The van der Waals surface area contributed by atoms with E-state index >= 15 is 0 Å². The van der Waals surface area contributed by atoms with Crippen molar-refractivity contribution in [2.75, 3.05) is 6.61 Å². The summed E-state index contributed by atoms with van der Waals surface area (Å²) in [4.78, 5) is 22.8. The monoisotopic (exact) mass is 473 g/mol. The molecule has 0 saturated carbocycles. The maximum absolute atomic E-state index is 13.7. The highest BCUT2D eigenvalue weighted by Crippen LogP contribution is 2.37. The molecule has 0 aromatic carbocycles. The van der Waals surface area contributed by atoms with Crippen LogP contribution in [-0.2, 0) is 18.8 Å². The van der Waals surface area contributed by atoms with Gasteiger partial charge in [-0.25, -0.2) is 4.79 Å². The number of rotatable bonds is 4. The molecule has 10 heteroatoms. The van der Waals surface area contributed by atoms with Crippen molar-refractivity contribution in [1.29, 1.82) is 0 Å². The summed E-state index contributed by atoms with van der Waals surface area (Å²) < 4.78 is 17.6. The molecule has 0 bridgehead atoms. The van der Waals surface area contributed by atoms with E-state index in [-0.39, 0.29) is 17.8 Å². The fourth-order valence-electron chi connectivity index (χ4n) is 5.05. The second kappa shape index (κ2) is 8.46. The first kappa shape index (κ1) is 21.7. The van der Waals surface area contributed by atoms with Gasteiger partial charge in [0.25, 0.3) is 0 Å². The van der Waals surface area contributed by atoms with E-state index in [0.29, 0.717) is 23.5 Å². The van der Waals surface area contributed by atoms with E-state index in [0.717, 1.165) is 53.4 Å². The van der Waals surface area contributed by atoms with Gasteiger partial charge in [-0.15, -0.1) is 0 Å². The van der Waals surface area contributed by atoms with Gasteiger partial charge in [-0.2, -0.15) is 15.2 Å². The maximum Gasteiger partial charge on any atom is 0.349 e. The Morgan fingerprint density at radius 1 is 1.09 bits per heavy atom. The number of hydrogen-bond acceptors (Lipinski definition) is 7. The zero-order valence-electron chi connectivity index (χ0n) is 20.0. The summed E-state index contributed by atoms with van der Waals surface area (Å²) in [5.41, 5.74) is 4.51. The molecule has 1 saturated heterocycles. The maximum atomic E-state index is 13.7. The molecule has 5 aromatic rings. The summed E-state index contributed by atoms with van der Waals surface area (Å²) in [5.74, 6) is 0. The molecule has 2 atom stereocenters. The number of ether oxygens (including phenoxy) is 1. The number of hydrogen-bond donors (Lipinski definition) is 0. The number of nitrogens with zero attached hydrogens (tertiary/aromatic N) is 7. The van der Waals surface area contributed by atoms with Crippen molar-refractivity contribution in [2.45, 2.75) is 44.8 Å².